The minimum absolute atomic E-state index is 0.251. The molecule has 3 aromatic rings. The van der Waals surface area contributed by atoms with Crippen LogP contribution in [0, 0.1) is 0 Å². The van der Waals surface area contributed by atoms with Crippen LogP contribution in [0.25, 0.3) is 10.9 Å². The molecule has 0 saturated heterocycles. The number of benzene rings is 2. The van der Waals surface area contributed by atoms with Crippen molar-refractivity contribution in [1.29, 1.82) is 0 Å². The maximum atomic E-state index is 11.4. The van der Waals surface area contributed by atoms with Crippen LogP contribution in [0.3, 0.4) is 0 Å². The highest BCUT2D eigenvalue weighted by atomic mass is 16.7. The molecule has 4 nitrogen and oxygen atoms in total. The summed E-state index contributed by atoms with van der Waals surface area (Å²) in [6.45, 7) is 0.902. The SMILES string of the molecule is O=Cc1cc2cc3c(cc2n1Cc1ccccc1)OCO3. The lowest BCUT2D eigenvalue weighted by molar-refractivity contribution is 0.111. The minimum Gasteiger partial charge on any atom is -0.454 e. The molecule has 2 heterocycles. The molecule has 2 aromatic carbocycles. The normalized spacial score (nSPS) is 12.8. The second kappa shape index (κ2) is 4.66. The Morgan fingerprint density at radius 1 is 1.05 bits per heavy atom. The van der Waals surface area contributed by atoms with Crippen molar-refractivity contribution in [3.05, 3.63) is 59.8 Å². The second-order valence-electron chi connectivity index (χ2n) is 5.02. The second-order valence-corrected chi connectivity index (χ2v) is 5.02. The molecule has 104 valence electrons. The fourth-order valence-corrected chi connectivity index (χ4v) is 2.71. The van der Waals surface area contributed by atoms with E-state index in [1.165, 1.54) is 0 Å². The van der Waals surface area contributed by atoms with Gasteiger partial charge in [0.2, 0.25) is 6.79 Å². The Balaban J connectivity index is 1.88. The van der Waals surface area contributed by atoms with E-state index in [1.54, 1.807) is 0 Å². The number of ether oxygens (including phenoxy) is 2. The summed E-state index contributed by atoms with van der Waals surface area (Å²) in [6.07, 6.45) is 0.885. The van der Waals surface area contributed by atoms with Crippen LogP contribution in [0.1, 0.15) is 16.1 Å². The Labute approximate surface area is 121 Å². The van der Waals surface area contributed by atoms with Crippen molar-refractivity contribution in [2.75, 3.05) is 6.79 Å². The number of aromatic nitrogens is 1. The molecule has 1 aliphatic rings. The van der Waals surface area contributed by atoms with E-state index in [2.05, 4.69) is 0 Å². The Hall–Kier alpha value is -2.75. The highest BCUT2D eigenvalue weighted by molar-refractivity contribution is 5.91. The number of rotatable bonds is 3. The van der Waals surface area contributed by atoms with E-state index in [1.807, 2.05) is 53.1 Å². The predicted octanol–water partition coefficient (Wildman–Crippen LogP) is 3.23. The van der Waals surface area contributed by atoms with Crippen molar-refractivity contribution in [1.82, 2.24) is 4.57 Å². The van der Waals surface area contributed by atoms with Gasteiger partial charge in [-0.15, -0.1) is 0 Å². The van der Waals surface area contributed by atoms with Crippen LogP contribution in [-0.4, -0.2) is 17.6 Å². The van der Waals surface area contributed by atoms with Gasteiger partial charge in [0.05, 0.1) is 11.2 Å². The molecular weight excluding hydrogens is 266 g/mol. The van der Waals surface area contributed by atoms with Gasteiger partial charge in [-0.05, 0) is 17.7 Å². The summed E-state index contributed by atoms with van der Waals surface area (Å²) >= 11 is 0. The number of nitrogens with zero attached hydrogens (tertiary/aromatic N) is 1. The van der Waals surface area contributed by atoms with Gasteiger partial charge in [0.1, 0.15) is 0 Å². The van der Waals surface area contributed by atoms with Crippen molar-refractivity contribution in [2.24, 2.45) is 0 Å². The van der Waals surface area contributed by atoms with Crippen molar-refractivity contribution in [3.63, 3.8) is 0 Å². The van der Waals surface area contributed by atoms with Crippen LogP contribution >= 0.6 is 0 Å². The molecule has 4 rings (SSSR count). The molecule has 0 spiro atoms. The standard InChI is InChI=1S/C17H13NO3/c19-10-14-6-13-7-16-17(21-11-20-16)8-15(13)18(14)9-12-4-2-1-3-5-12/h1-8,10H,9,11H2. The van der Waals surface area contributed by atoms with Gasteiger partial charge >= 0.3 is 0 Å². The lowest BCUT2D eigenvalue weighted by atomic mass is 10.2. The summed E-state index contributed by atoms with van der Waals surface area (Å²) in [5.41, 5.74) is 2.78. The molecule has 0 unspecified atom stereocenters. The lowest BCUT2D eigenvalue weighted by Crippen LogP contribution is -2.03. The molecule has 0 fully saturated rings. The van der Waals surface area contributed by atoms with Crippen LogP contribution < -0.4 is 9.47 Å². The van der Waals surface area contributed by atoms with Crippen LogP contribution in [0.2, 0.25) is 0 Å². The van der Waals surface area contributed by atoms with E-state index < -0.39 is 0 Å². The first kappa shape index (κ1) is 12.0. The molecule has 0 atom stereocenters. The Morgan fingerprint density at radius 3 is 2.57 bits per heavy atom. The van der Waals surface area contributed by atoms with Gasteiger partial charge in [-0.1, -0.05) is 30.3 Å². The fraction of sp³-hybridized carbons (Fsp3) is 0.118. The average Bonchev–Trinajstić information content (AvgIpc) is 3.10. The third-order valence-corrected chi connectivity index (χ3v) is 3.73. The third-order valence-electron chi connectivity index (χ3n) is 3.73. The molecule has 0 saturated carbocycles. The third kappa shape index (κ3) is 1.96. The van der Waals surface area contributed by atoms with Crippen LogP contribution in [0.15, 0.2) is 48.5 Å². The monoisotopic (exact) mass is 279 g/mol. The number of aldehydes is 1. The summed E-state index contributed by atoms with van der Waals surface area (Å²) in [6, 6.07) is 15.8. The molecule has 0 radical (unpaired) electrons. The molecular formula is C17H13NO3. The van der Waals surface area contributed by atoms with Gasteiger partial charge in [-0.25, -0.2) is 0 Å². The summed E-state index contributed by atoms with van der Waals surface area (Å²) < 4.78 is 12.8. The molecule has 1 aromatic heterocycles. The van der Waals surface area contributed by atoms with E-state index in [9.17, 15) is 4.79 Å². The maximum Gasteiger partial charge on any atom is 0.231 e. The fourth-order valence-electron chi connectivity index (χ4n) is 2.71. The van der Waals surface area contributed by atoms with Gasteiger partial charge in [-0.2, -0.15) is 0 Å². The van der Waals surface area contributed by atoms with Crippen molar-refractivity contribution in [3.8, 4) is 11.5 Å². The number of carbonyl (C=O) groups excluding carboxylic acids is 1. The quantitative estimate of drug-likeness (QED) is 0.691. The first-order valence-electron chi connectivity index (χ1n) is 6.77. The highest BCUT2D eigenvalue weighted by Gasteiger charge is 2.17. The summed E-state index contributed by atoms with van der Waals surface area (Å²) in [5.74, 6) is 1.46. The molecule has 1 aliphatic heterocycles. The van der Waals surface area contributed by atoms with Gasteiger partial charge in [0.15, 0.2) is 17.8 Å². The van der Waals surface area contributed by atoms with Crippen molar-refractivity contribution >= 4 is 17.2 Å². The zero-order chi connectivity index (χ0) is 14.2. The molecule has 0 amide bonds. The Bertz CT molecular complexity index is 821. The largest absolute Gasteiger partial charge is 0.454 e. The molecule has 0 bridgehead atoms. The number of carbonyl (C=O) groups is 1. The van der Waals surface area contributed by atoms with E-state index in [4.69, 9.17) is 9.47 Å². The van der Waals surface area contributed by atoms with Crippen LogP contribution in [-0.2, 0) is 6.54 Å². The van der Waals surface area contributed by atoms with Gasteiger partial charge in [0, 0.05) is 18.0 Å². The lowest BCUT2D eigenvalue weighted by Gasteiger charge is -2.08. The Morgan fingerprint density at radius 2 is 1.81 bits per heavy atom. The molecule has 0 aliphatic carbocycles. The van der Waals surface area contributed by atoms with Crippen molar-refractivity contribution < 1.29 is 14.3 Å². The molecule has 0 N–H and O–H groups in total. The first-order chi connectivity index (χ1) is 10.3. The summed E-state index contributed by atoms with van der Waals surface area (Å²) in [5, 5.41) is 0.984. The van der Waals surface area contributed by atoms with Gasteiger partial charge in [0.25, 0.3) is 0 Å². The number of hydrogen-bond acceptors (Lipinski definition) is 3. The predicted molar refractivity (Wildman–Crippen MR) is 79.0 cm³/mol. The van der Waals surface area contributed by atoms with Crippen LogP contribution in [0.4, 0.5) is 0 Å². The number of fused-ring (bicyclic) bond motifs is 2. The smallest absolute Gasteiger partial charge is 0.231 e. The number of hydrogen-bond donors (Lipinski definition) is 0. The van der Waals surface area contributed by atoms with E-state index >= 15 is 0 Å². The van der Waals surface area contributed by atoms with E-state index in [-0.39, 0.29) is 6.79 Å². The summed E-state index contributed by atoms with van der Waals surface area (Å²) in [4.78, 5) is 11.4. The van der Waals surface area contributed by atoms with E-state index in [0.717, 1.165) is 34.3 Å². The average molecular weight is 279 g/mol. The zero-order valence-electron chi connectivity index (χ0n) is 11.3. The topological polar surface area (TPSA) is 40.5 Å². The highest BCUT2D eigenvalue weighted by Crippen LogP contribution is 2.37. The molecule has 21 heavy (non-hydrogen) atoms. The molecule has 4 heteroatoms. The van der Waals surface area contributed by atoms with Gasteiger partial charge in [-0.3, -0.25) is 4.79 Å². The van der Waals surface area contributed by atoms with E-state index in [0.29, 0.717) is 12.2 Å². The summed E-state index contributed by atoms with van der Waals surface area (Å²) in [7, 11) is 0. The zero-order valence-corrected chi connectivity index (χ0v) is 11.3. The van der Waals surface area contributed by atoms with Crippen LogP contribution in [0.5, 0.6) is 11.5 Å². The minimum atomic E-state index is 0.251. The van der Waals surface area contributed by atoms with Gasteiger partial charge < -0.3 is 14.0 Å². The van der Waals surface area contributed by atoms with Crippen molar-refractivity contribution in [2.45, 2.75) is 6.54 Å². The maximum absolute atomic E-state index is 11.4. The first-order valence-corrected chi connectivity index (χ1v) is 6.77. The Kier molecular flexibility index (Phi) is 2.67.